The number of halogens is 1. The molecule has 0 saturated carbocycles. The quantitative estimate of drug-likeness (QED) is 0.676. The first-order chi connectivity index (χ1) is 5.15. The maximum absolute atomic E-state index is 5.08. The van der Waals surface area contributed by atoms with E-state index in [4.69, 9.17) is 4.52 Å². The van der Waals surface area contributed by atoms with E-state index in [-0.39, 0.29) is 0 Å². The van der Waals surface area contributed by atoms with Crippen LogP contribution in [0.1, 0.15) is 11.1 Å². The van der Waals surface area contributed by atoms with Crippen molar-refractivity contribution in [1.82, 2.24) is 0 Å². The average Bonchev–Trinajstić information content (AvgIpc) is 1.96. The number of hydrogen-bond acceptors (Lipinski definition) is 1. The molecule has 0 aliphatic rings. The molecule has 11 heavy (non-hydrogen) atoms. The average molecular weight is 233 g/mol. The van der Waals surface area contributed by atoms with Crippen LogP contribution < -0.4 is 4.52 Å². The van der Waals surface area contributed by atoms with Crippen LogP contribution in [0, 0.1) is 13.8 Å². The van der Waals surface area contributed by atoms with Crippen LogP contribution in [0.25, 0.3) is 0 Å². The molecule has 60 valence electrons. The van der Waals surface area contributed by atoms with Crippen LogP contribution >= 0.6 is 25.4 Å². The van der Waals surface area contributed by atoms with E-state index in [1.165, 1.54) is 11.1 Å². The highest BCUT2D eigenvalue weighted by molar-refractivity contribution is 9.10. The Kier molecular flexibility index (Phi) is 2.91. The Labute approximate surface area is 77.6 Å². The summed E-state index contributed by atoms with van der Waals surface area (Å²) in [5, 5.41) is 0. The van der Waals surface area contributed by atoms with Crippen molar-refractivity contribution in [3.8, 4) is 5.75 Å². The predicted molar refractivity (Wildman–Crippen MR) is 54.0 cm³/mol. The van der Waals surface area contributed by atoms with Gasteiger partial charge in [-0.2, -0.15) is 0 Å². The first-order valence-corrected chi connectivity index (χ1v) is 4.55. The van der Waals surface area contributed by atoms with E-state index in [2.05, 4.69) is 31.5 Å². The van der Waals surface area contributed by atoms with Gasteiger partial charge in [0, 0.05) is 0 Å². The van der Waals surface area contributed by atoms with Crippen molar-refractivity contribution in [2.24, 2.45) is 0 Å². The Morgan fingerprint density at radius 2 is 2.00 bits per heavy atom. The Morgan fingerprint density at radius 1 is 1.36 bits per heavy atom. The van der Waals surface area contributed by atoms with Crippen LogP contribution in [0.5, 0.6) is 5.75 Å². The van der Waals surface area contributed by atoms with E-state index in [0.29, 0.717) is 0 Å². The predicted octanol–water partition coefficient (Wildman–Crippen LogP) is 3.23. The summed E-state index contributed by atoms with van der Waals surface area (Å²) in [6.07, 6.45) is 0. The molecule has 0 aromatic heterocycles. The number of aryl methyl sites for hydroxylation is 2. The fourth-order valence-corrected chi connectivity index (χ4v) is 1.68. The Balaban J connectivity index is 3.24. The number of hydrogen-bond donors (Lipinski definition) is 0. The van der Waals surface area contributed by atoms with Crippen LogP contribution in [0.15, 0.2) is 16.6 Å². The standard InChI is InChI=1S/C8H10BrOP/c1-5-3-6(2)8(9)7(4-5)10-11/h3-4H,11H2,1-2H3. The lowest BCUT2D eigenvalue weighted by atomic mass is 10.1. The second kappa shape index (κ2) is 3.55. The zero-order chi connectivity index (χ0) is 8.43. The molecule has 0 N–H and O–H groups in total. The minimum atomic E-state index is 0.868. The molecule has 1 unspecified atom stereocenters. The second-order valence-electron chi connectivity index (χ2n) is 2.51. The number of benzene rings is 1. The summed E-state index contributed by atoms with van der Waals surface area (Å²) in [4.78, 5) is 0. The lowest BCUT2D eigenvalue weighted by Crippen LogP contribution is -1.83. The maximum atomic E-state index is 5.08. The van der Waals surface area contributed by atoms with Gasteiger partial charge in [-0.25, -0.2) is 0 Å². The lowest BCUT2D eigenvalue weighted by Gasteiger charge is -2.06. The van der Waals surface area contributed by atoms with Gasteiger partial charge in [0.15, 0.2) is 0 Å². The van der Waals surface area contributed by atoms with Crippen LogP contribution in [-0.4, -0.2) is 0 Å². The van der Waals surface area contributed by atoms with Gasteiger partial charge in [0.2, 0.25) is 0 Å². The van der Waals surface area contributed by atoms with Crippen molar-refractivity contribution in [2.75, 3.05) is 0 Å². The molecule has 0 aliphatic heterocycles. The van der Waals surface area contributed by atoms with E-state index < -0.39 is 0 Å². The fraction of sp³-hybridized carbons (Fsp3) is 0.250. The van der Waals surface area contributed by atoms with Crippen molar-refractivity contribution in [1.29, 1.82) is 0 Å². The van der Waals surface area contributed by atoms with Crippen molar-refractivity contribution in [3.63, 3.8) is 0 Å². The fourth-order valence-electron chi connectivity index (χ4n) is 0.997. The van der Waals surface area contributed by atoms with E-state index in [0.717, 1.165) is 10.2 Å². The van der Waals surface area contributed by atoms with Gasteiger partial charge < -0.3 is 4.52 Å². The second-order valence-corrected chi connectivity index (χ2v) is 3.54. The molecule has 1 nitrogen and oxygen atoms in total. The minimum Gasteiger partial charge on any atom is -0.479 e. The van der Waals surface area contributed by atoms with E-state index in [1.807, 2.05) is 19.9 Å². The third-order valence-electron chi connectivity index (χ3n) is 1.49. The monoisotopic (exact) mass is 232 g/mol. The largest absolute Gasteiger partial charge is 0.479 e. The van der Waals surface area contributed by atoms with Crippen molar-refractivity contribution in [3.05, 3.63) is 27.7 Å². The molecule has 0 bridgehead atoms. The molecule has 0 heterocycles. The zero-order valence-corrected chi connectivity index (χ0v) is 9.26. The Bertz CT molecular complexity index is 273. The maximum Gasteiger partial charge on any atom is 0.137 e. The van der Waals surface area contributed by atoms with E-state index >= 15 is 0 Å². The Hall–Kier alpha value is -0.0700. The van der Waals surface area contributed by atoms with E-state index in [1.54, 1.807) is 0 Å². The van der Waals surface area contributed by atoms with Gasteiger partial charge in [-0.15, -0.1) is 0 Å². The molecule has 0 fully saturated rings. The van der Waals surface area contributed by atoms with Crippen LogP contribution in [0.4, 0.5) is 0 Å². The molecular formula is C8H10BrOP. The summed E-state index contributed by atoms with van der Waals surface area (Å²) in [7, 11) is 2.24. The summed E-state index contributed by atoms with van der Waals surface area (Å²) in [6, 6.07) is 4.10. The normalized spacial score (nSPS) is 9.82. The molecule has 1 atom stereocenters. The molecule has 1 aromatic carbocycles. The topological polar surface area (TPSA) is 9.23 Å². The van der Waals surface area contributed by atoms with Gasteiger partial charge in [-0.1, -0.05) is 6.07 Å². The van der Waals surface area contributed by atoms with Gasteiger partial charge in [-0.05, 0) is 47.0 Å². The van der Waals surface area contributed by atoms with Crippen molar-refractivity contribution < 1.29 is 4.52 Å². The summed E-state index contributed by atoms with van der Waals surface area (Å²) in [5.41, 5.74) is 2.41. The summed E-state index contributed by atoms with van der Waals surface area (Å²) in [6.45, 7) is 4.09. The molecule has 1 aromatic rings. The third-order valence-corrected chi connectivity index (χ3v) is 2.76. The molecule has 3 heteroatoms. The first kappa shape index (κ1) is 9.02. The van der Waals surface area contributed by atoms with Gasteiger partial charge in [-0.3, -0.25) is 0 Å². The smallest absolute Gasteiger partial charge is 0.137 e. The Morgan fingerprint density at radius 3 is 2.55 bits per heavy atom. The zero-order valence-electron chi connectivity index (χ0n) is 6.52. The molecular weight excluding hydrogens is 223 g/mol. The first-order valence-electron chi connectivity index (χ1n) is 3.28. The number of rotatable bonds is 1. The van der Waals surface area contributed by atoms with Crippen LogP contribution in [0.2, 0.25) is 0 Å². The molecule has 1 rings (SSSR count). The highest BCUT2D eigenvalue weighted by Crippen LogP contribution is 2.30. The van der Waals surface area contributed by atoms with Gasteiger partial charge in [0.25, 0.3) is 0 Å². The van der Waals surface area contributed by atoms with Crippen molar-refractivity contribution >= 4 is 25.4 Å². The highest BCUT2D eigenvalue weighted by Gasteiger charge is 2.02. The van der Waals surface area contributed by atoms with Crippen LogP contribution in [0.3, 0.4) is 0 Å². The highest BCUT2D eigenvalue weighted by atomic mass is 79.9. The van der Waals surface area contributed by atoms with Gasteiger partial charge >= 0.3 is 0 Å². The summed E-state index contributed by atoms with van der Waals surface area (Å²) < 4.78 is 6.10. The van der Waals surface area contributed by atoms with Gasteiger partial charge in [0.05, 0.1) is 13.9 Å². The molecule has 0 aliphatic carbocycles. The molecule has 0 spiro atoms. The third kappa shape index (κ3) is 1.94. The van der Waals surface area contributed by atoms with Gasteiger partial charge in [0.1, 0.15) is 5.75 Å². The summed E-state index contributed by atoms with van der Waals surface area (Å²) in [5.74, 6) is 0.868. The molecule has 0 saturated heterocycles. The van der Waals surface area contributed by atoms with Crippen molar-refractivity contribution in [2.45, 2.75) is 13.8 Å². The summed E-state index contributed by atoms with van der Waals surface area (Å²) >= 11 is 3.44. The minimum absolute atomic E-state index is 0.868. The SMILES string of the molecule is Cc1cc(C)c(Br)c(OP)c1. The lowest BCUT2D eigenvalue weighted by molar-refractivity contribution is 0.640. The molecule has 0 amide bonds. The van der Waals surface area contributed by atoms with Crippen LogP contribution in [-0.2, 0) is 0 Å². The molecule has 0 radical (unpaired) electrons. The van der Waals surface area contributed by atoms with E-state index in [9.17, 15) is 0 Å².